The number of nitrogens with one attached hydrogen (secondary N) is 1. The Labute approximate surface area is 194 Å². The number of benzene rings is 1. The van der Waals surface area contributed by atoms with Crippen LogP contribution in [0.3, 0.4) is 0 Å². The van der Waals surface area contributed by atoms with Gasteiger partial charge in [-0.2, -0.15) is 28.5 Å². The molecule has 1 aromatic carbocycles. The Morgan fingerprint density at radius 2 is 1.89 bits per heavy atom. The highest BCUT2D eigenvalue weighted by Crippen LogP contribution is 2.33. The summed E-state index contributed by atoms with van der Waals surface area (Å²) in [5, 5.41) is 13.7. The van der Waals surface area contributed by atoms with Crippen LogP contribution in [0.5, 0.6) is 5.75 Å². The molecule has 0 unspecified atom stereocenters. The fourth-order valence-corrected chi connectivity index (χ4v) is 3.25. The van der Waals surface area contributed by atoms with Gasteiger partial charge in [-0.1, -0.05) is 0 Å². The van der Waals surface area contributed by atoms with Gasteiger partial charge in [0.05, 0.1) is 50.6 Å². The van der Waals surface area contributed by atoms with Gasteiger partial charge in [0.25, 0.3) is 5.91 Å². The summed E-state index contributed by atoms with van der Waals surface area (Å²) in [6.45, 7) is 6.84. The predicted molar refractivity (Wildman–Crippen MR) is 113 cm³/mol. The van der Waals surface area contributed by atoms with Crippen molar-refractivity contribution in [2.45, 2.75) is 12.7 Å². The van der Waals surface area contributed by atoms with Gasteiger partial charge in [-0.3, -0.25) is 9.48 Å². The Morgan fingerprint density at radius 1 is 1.14 bits per heavy atom. The summed E-state index contributed by atoms with van der Waals surface area (Å²) in [7, 11) is 1.29. The molecule has 4 rings (SSSR count). The Hall–Kier alpha value is -4.80. The van der Waals surface area contributed by atoms with Crippen LogP contribution in [0.1, 0.15) is 21.6 Å². The van der Waals surface area contributed by atoms with E-state index < -0.39 is 35.7 Å². The number of methoxy groups -OCH3 is 1. The standard InChI is InChI=1S/C21H14F4N8O2/c1-26-17-8-14(9-27-19(17)33-28-3-4-29-33)31-20(34)16-10-30-32(18(16)21(23,24)25)11-12-5-13(22)7-15(6-12)35-2/h3-10H,11H2,2H3,(H,31,34). The average molecular weight is 486 g/mol. The van der Waals surface area contributed by atoms with Crippen molar-refractivity contribution in [1.29, 1.82) is 0 Å². The van der Waals surface area contributed by atoms with Crippen molar-refractivity contribution in [3.8, 4) is 11.6 Å². The first-order valence-electron chi connectivity index (χ1n) is 9.71. The van der Waals surface area contributed by atoms with Gasteiger partial charge in [0.15, 0.2) is 11.5 Å². The zero-order valence-electron chi connectivity index (χ0n) is 17.8. The third-order valence-electron chi connectivity index (χ3n) is 4.69. The molecule has 3 heterocycles. The molecule has 0 aliphatic carbocycles. The van der Waals surface area contributed by atoms with E-state index in [1.165, 1.54) is 31.6 Å². The van der Waals surface area contributed by atoms with Gasteiger partial charge < -0.3 is 10.1 Å². The van der Waals surface area contributed by atoms with Crippen LogP contribution in [0, 0.1) is 12.4 Å². The van der Waals surface area contributed by atoms with Gasteiger partial charge in [-0.25, -0.2) is 14.2 Å². The van der Waals surface area contributed by atoms with Crippen molar-refractivity contribution in [2.75, 3.05) is 12.4 Å². The Morgan fingerprint density at radius 3 is 2.54 bits per heavy atom. The normalized spacial score (nSPS) is 11.2. The molecule has 4 aromatic rings. The number of halogens is 4. The molecule has 0 radical (unpaired) electrons. The molecule has 1 amide bonds. The molecule has 0 atom stereocenters. The lowest BCUT2D eigenvalue weighted by Gasteiger charge is -2.14. The second kappa shape index (κ2) is 9.21. The average Bonchev–Trinajstić information content (AvgIpc) is 3.48. The first-order chi connectivity index (χ1) is 16.7. The van der Waals surface area contributed by atoms with Crippen LogP contribution in [-0.2, 0) is 12.7 Å². The number of rotatable bonds is 6. The maximum absolute atomic E-state index is 13.9. The SMILES string of the molecule is [C-]#[N+]c1cc(NC(=O)c2cnn(Cc3cc(F)cc(OC)c3)c2C(F)(F)F)cnc1-n1nccn1. The summed E-state index contributed by atoms with van der Waals surface area (Å²) in [4.78, 5) is 21.1. The van der Waals surface area contributed by atoms with Crippen molar-refractivity contribution in [2.24, 2.45) is 0 Å². The van der Waals surface area contributed by atoms with E-state index in [0.29, 0.717) is 4.68 Å². The maximum Gasteiger partial charge on any atom is 0.433 e. The lowest BCUT2D eigenvalue weighted by Crippen LogP contribution is -2.21. The Bertz CT molecular complexity index is 1420. The highest BCUT2D eigenvalue weighted by Gasteiger charge is 2.40. The van der Waals surface area contributed by atoms with Gasteiger partial charge in [0.2, 0.25) is 5.69 Å². The molecule has 35 heavy (non-hydrogen) atoms. The van der Waals surface area contributed by atoms with Gasteiger partial charge in [-0.05, 0) is 23.8 Å². The molecular weight excluding hydrogens is 472 g/mol. The van der Waals surface area contributed by atoms with Crippen molar-refractivity contribution in [3.63, 3.8) is 0 Å². The lowest BCUT2D eigenvalue weighted by atomic mass is 10.2. The second-order valence-corrected chi connectivity index (χ2v) is 7.01. The molecule has 14 heteroatoms. The lowest BCUT2D eigenvalue weighted by molar-refractivity contribution is -0.144. The van der Waals surface area contributed by atoms with Crippen molar-refractivity contribution < 1.29 is 27.1 Å². The van der Waals surface area contributed by atoms with Crippen LogP contribution >= 0.6 is 0 Å². The minimum atomic E-state index is -4.95. The summed E-state index contributed by atoms with van der Waals surface area (Å²) in [6.07, 6.45) is -0.277. The van der Waals surface area contributed by atoms with Crippen molar-refractivity contribution in [1.82, 2.24) is 29.8 Å². The number of carbonyl (C=O) groups is 1. The van der Waals surface area contributed by atoms with Crippen LogP contribution in [0.25, 0.3) is 10.7 Å². The monoisotopic (exact) mass is 486 g/mol. The molecule has 0 spiro atoms. The molecule has 178 valence electrons. The van der Waals surface area contributed by atoms with Gasteiger partial charge in [-0.15, -0.1) is 4.80 Å². The number of hydrogen-bond donors (Lipinski definition) is 1. The highest BCUT2D eigenvalue weighted by atomic mass is 19.4. The van der Waals surface area contributed by atoms with E-state index in [-0.39, 0.29) is 28.5 Å². The van der Waals surface area contributed by atoms with E-state index in [4.69, 9.17) is 11.3 Å². The topological polar surface area (TPSA) is 104 Å². The van der Waals surface area contributed by atoms with Crippen LogP contribution in [0.2, 0.25) is 0 Å². The minimum absolute atomic E-state index is 0.0207. The summed E-state index contributed by atoms with van der Waals surface area (Å²) in [6, 6.07) is 4.71. The van der Waals surface area contributed by atoms with E-state index >= 15 is 0 Å². The van der Waals surface area contributed by atoms with Crippen LogP contribution in [0.15, 0.2) is 49.1 Å². The number of carbonyl (C=O) groups excluding carboxylic acids is 1. The summed E-state index contributed by atoms with van der Waals surface area (Å²) < 4.78 is 60.9. The van der Waals surface area contributed by atoms with Gasteiger partial charge in [0.1, 0.15) is 11.6 Å². The van der Waals surface area contributed by atoms with E-state index in [0.717, 1.165) is 29.3 Å². The fraction of sp³-hybridized carbons (Fsp3) is 0.143. The molecule has 0 aliphatic heterocycles. The molecule has 0 bridgehead atoms. The smallest absolute Gasteiger partial charge is 0.433 e. The first-order valence-corrected chi connectivity index (χ1v) is 9.71. The van der Waals surface area contributed by atoms with Crippen molar-refractivity contribution >= 4 is 17.3 Å². The molecule has 0 saturated heterocycles. The number of amides is 1. The Balaban J connectivity index is 1.64. The Kier molecular flexibility index (Phi) is 6.15. The summed E-state index contributed by atoms with van der Waals surface area (Å²) in [5.41, 5.74) is -1.99. The molecule has 0 fully saturated rings. The highest BCUT2D eigenvalue weighted by molar-refractivity contribution is 6.05. The summed E-state index contributed by atoms with van der Waals surface area (Å²) in [5.74, 6) is -1.62. The van der Waals surface area contributed by atoms with E-state index in [1.54, 1.807) is 0 Å². The number of aromatic nitrogens is 6. The predicted octanol–water partition coefficient (Wildman–Crippen LogP) is 3.88. The molecular formula is C21H14F4N8O2. The fourth-order valence-electron chi connectivity index (χ4n) is 3.25. The molecule has 3 aromatic heterocycles. The number of alkyl halides is 3. The first kappa shape index (κ1) is 23.4. The summed E-state index contributed by atoms with van der Waals surface area (Å²) >= 11 is 0. The zero-order valence-corrected chi connectivity index (χ0v) is 17.8. The maximum atomic E-state index is 13.9. The van der Waals surface area contributed by atoms with Crippen LogP contribution < -0.4 is 10.1 Å². The quantitative estimate of drug-likeness (QED) is 0.328. The third kappa shape index (κ3) is 4.93. The second-order valence-electron chi connectivity index (χ2n) is 7.01. The number of nitrogens with zero attached hydrogens (tertiary/aromatic N) is 7. The molecule has 0 aliphatic rings. The van der Waals surface area contributed by atoms with Crippen molar-refractivity contribution in [3.05, 3.63) is 83.1 Å². The largest absolute Gasteiger partial charge is 0.497 e. The molecule has 0 saturated carbocycles. The molecule has 1 N–H and O–H groups in total. The van der Waals surface area contributed by atoms with Crippen LogP contribution in [-0.4, -0.2) is 42.8 Å². The number of hydrogen-bond acceptors (Lipinski definition) is 6. The minimum Gasteiger partial charge on any atom is -0.497 e. The van der Waals surface area contributed by atoms with E-state index in [1.807, 2.05) is 0 Å². The number of ether oxygens (including phenoxy) is 1. The van der Waals surface area contributed by atoms with E-state index in [2.05, 4.69) is 30.4 Å². The van der Waals surface area contributed by atoms with Gasteiger partial charge >= 0.3 is 6.18 Å². The van der Waals surface area contributed by atoms with E-state index in [9.17, 15) is 22.4 Å². The third-order valence-corrected chi connectivity index (χ3v) is 4.69. The number of pyridine rings is 1. The zero-order chi connectivity index (χ0) is 25.2. The van der Waals surface area contributed by atoms with Gasteiger partial charge in [0, 0.05) is 11.8 Å². The molecule has 10 nitrogen and oxygen atoms in total. The van der Waals surface area contributed by atoms with Crippen LogP contribution in [0.4, 0.5) is 28.9 Å². The number of anilines is 1.